The predicted octanol–water partition coefficient (Wildman–Crippen LogP) is 2.77. The highest BCUT2D eigenvalue weighted by Crippen LogP contribution is 2.30. The van der Waals surface area contributed by atoms with E-state index in [1.165, 1.54) is 20.6 Å². The zero-order chi connectivity index (χ0) is 15.7. The van der Waals surface area contributed by atoms with Crippen molar-refractivity contribution in [3.8, 4) is 0 Å². The topological polar surface area (TPSA) is 55.8 Å². The molecule has 118 valence electrons. The fourth-order valence-corrected chi connectivity index (χ4v) is 2.56. The van der Waals surface area contributed by atoms with E-state index in [0.717, 1.165) is 31.3 Å². The van der Waals surface area contributed by atoms with Crippen molar-refractivity contribution in [1.82, 2.24) is 0 Å². The van der Waals surface area contributed by atoms with Gasteiger partial charge >= 0.3 is 5.97 Å². The molecule has 1 atom stereocenters. The van der Waals surface area contributed by atoms with Crippen molar-refractivity contribution in [2.75, 3.05) is 20.8 Å². The van der Waals surface area contributed by atoms with Crippen molar-refractivity contribution in [2.24, 2.45) is 5.92 Å². The Morgan fingerprint density at radius 2 is 2.00 bits per heavy atom. The second-order valence-corrected chi connectivity index (χ2v) is 5.43. The quantitative estimate of drug-likeness (QED) is 0.354. The highest BCUT2D eigenvalue weighted by Gasteiger charge is 2.23. The van der Waals surface area contributed by atoms with Crippen molar-refractivity contribution in [2.45, 2.75) is 45.1 Å². The molecule has 0 radical (unpaired) electrons. The SMILES string of the molecule is COC[C@H](O)/C=C/C(C)=C=C(C(=O)OC)C1CCCCC1. The highest BCUT2D eigenvalue weighted by molar-refractivity contribution is 5.88. The van der Waals surface area contributed by atoms with E-state index in [-0.39, 0.29) is 18.5 Å². The summed E-state index contributed by atoms with van der Waals surface area (Å²) in [5, 5.41) is 9.58. The molecule has 0 saturated heterocycles. The average Bonchev–Trinajstić information content (AvgIpc) is 2.51. The summed E-state index contributed by atoms with van der Waals surface area (Å²) in [6.45, 7) is 2.11. The van der Waals surface area contributed by atoms with Crippen LogP contribution in [0.3, 0.4) is 0 Å². The third kappa shape index (κ3) is 6.30. The lowest BCUT2D eigenvalue weighted by atomic mass is 9.84. The largest absolute Gasteiger partial charge is 0.465 e. The van der Waals surface area contributed by atoms with Gasteiger partial charge in [-0.15, -0.1) is 5.73 Å². The Bertz CT molecular complexity index is 424. The van der Waals surface area contributed by atoms with Crippen LogP contribution in [0.5, 0.6) is 0 Å². The van der Waals surface area contributed by atoms with Gasteiger partial charge in [-0.1, -0.05) is 31.4 Å². The van der Waals surface area contributed by atoms with Crippen LogP contribution in [0.2, 0.25) is 0 Å². The minimum atomic E-state index is -0.650. The highest BCUT2D eigenvalue weighted by atomic mass is 16.5. The summed E-state index contributed by atoms with van der Waals surface area (Å²) in [5.74, 6) is -0.0643. The third-order valence-electron chi connectivity index (χ3n) is 3.66. The first-order chi connectivity index (χ1) is 10.1. The zero-order valence-electron chi connectivity index (χ0n) is 13.2. The molecule has 1 saturated carbocycles. The monoisotopic (exact) mass is 294 g/mol. The smallest absolute Gasteiger partial charge is 0.341 e. The molecule has 0 amide bonds. The van der Waals surface area contributed by atoms with Crippen LogP contribution in [0.1, 0.15) is 39.0 Å². The molecule has 0 spiro atoms. The van der Waals surface area contributed by atoms with Gasteiger partial charge in [0, 0.05) is 7.11 Å². The van der Waals surface area contributed by atoms with Crippen LogP contribution < -0.4 is 0 Å². The molecule has 1 N–H and O–H groups in total. The molecule has 0 heterocycles. The summed E-state index contributed by atoms with van der Waals surface area (Å²) in [7, 11) is 2.94. The van der Waals surface area contributed by atoms with Crippen LogP contribution in [0.15, 0.2) is 29.0 Å². The number of rotatable bonds is 6. The van der Waals surface area contributed by atoms with Crippen LogP contribution in [0, 0.1) is 5.92 Å². The van der Waals surface area contributed by atoms with Gasteiger partial charge in [0.15, 0.2) is 0 Å². The molecule has 1 aliphatic rings. The van der Waals surface area contributed by atoms with Gasteiger partial charge in [-0.05, 0) is 31.3 Å². The number of ether oxygens (including phenoxy) is 2. The molecular formula is C17H26O4. The molecule has 0 aliphatic heterocycles. The van der Waals surface area contributed by atoms with Gasteiger partial charge in [0.1, 0.15) is 0 Å². The Kier molecular flexibility index (Phi) is 8.06. The third-order valence-corrected chi connectivity index (χ3v) is 3.66. The van der Waals surface area contributed by atoms with Crippen molar-refractivity contribution in [3.05, 3.63) is 29.0 Å². The molecule has 0 aromatic rings. The van der Waals surface area contributed by atoms with E-state index in [1.807, 2.05) is 6.92 Å². The maximum atomic E-state index is 12.0. The molecule has 0 bridgehead atoms. The van der Waals surface area contributed by atoms with Gasteiger partial charge in [0.2, 0.25) is 0 Å². The number of aliphatic hydroxyl groups is 1. The molecule has 0 aromatic heterocycles. The van der Waals surface area contributed by atoms with Crippen molar-refractivity contribution in [1.29, 1.82) is 0 Å². The van der Waals surface area contributed by atoms with E-state index in [4.69, 9.17) is 9.47 Å². The van der Waals surface area contributed by atoms with Crippen molar-refractivity contribution < 1.29 is 19.4 Å². The Balaban J connectivity index is 2.93. The van der Waals surface area contributed by atoms with E-state index in [0.29, 0.717) is 5.57 Å². The van der Waals surface area contributed by atoms with Gasteiger partial charge in [-0.3, -0.25) is 0 Å². The summed E-state index contributed by atoms with van der Waals surface area (Å²) in [6, 6.07) is 0. The lowest BCUT2D eigenvalue weighted by Crippen LogP contribution is -2.17. The number of methoxy groups -OCH3 is 2. The summed E-state index contributed by atoms with van der Waals surface area (Å²) >= 11 is 0. The Hall–Kier alpha value is -1.35. The normalized spacial score (nSPS) is 17.3. The van der Waals surface area contributed by atoms with Gasteiger partial charge in [-0.2, -0.15) is 0 Å². The predicted molar refractivity (Wildman–Crippen MR) is 81.8 cm³/mol. The van der Waals surface area contributed by atoms with E-state index < -0.39 is 6.10 Å². The summed E-state index contributed by atoms with van der Waals surface area (Å²) in [6.07, 6.45) is 8.31. The van der Waals surface area contributed by atoms with Crippen LogP contribution in [0.25, 0.3) is 0 Å². The van der Waals surface area contributed by atoms with E-state index in [1.54, 1.807) is 12.2 Å². The van der Waals surface area contributed by atoms with E-state index in [9.17, 15) is 9.90 Å². The molecule has 21 heavy (non-hydrogen) atoms. The van der Waals surface area contributed by atoms with Gasteiger partial charge in [0.25, 0.3) is 0 Å². The Labute approximate surface area is 127 Å². The standard InChI is InChI=1S/C17H26O4/c1-13(9-10-15(18)12-20-2)11-16(17(19)21-3)14-7-5-4-6-8-14/h9-10,14-15,18H,4-8,12H2,1-3H3/b10-9+/t11?,15-/m1/s1. The summed E-state index contributed by atoms with van der Waals surface area (Å²) in [4.78, 5) is 12.0. The molecule has 0 unspecified atom stereocenters. The van der Waals surface area contributed by atoms with Crippen LogP contribution in [0.4, 0.5) is 0 Å². The molecule has 4 heteroatoms. The van der Waals surface area contributed by atoms with Crippen LogP contribution >= 0.6 is 0 Å². The zero-order valence-corrected chi connectivity index (χ0v) is 13.2. The number of carbonyl (C=O) groups is 1. The number of hydrogen-bond acceptors (Lipinski definition) is 4. The fraction of sp³-hybridized carbons (Fsp3) is 0.647. The van der Waals surface area contributed by atoms with Crippen molar-refractivity contribution in [3.63, 3.8) is 0 Å². The van der Waals surface area contributed by atoms with Gasteiger partial charge in [0.05, 0.1) is 25.4 Å². The number of carbonyl (C=O) groups excluding carboxylic acids is 1. The second-order valence-electron chi connectivity index (χ2n) is 5.43. The summed E-state index contributed by atoms with van der Waals surface area (Å²) in [5.41, 5.74) is 4.58. The minimum absolute atomic E-state index is 0.235. The summed E-state index contributed by atoms with van der Waals surface area (Å²) < 4.78 is 9.74. The van der Waals surface area contributed by atoms with Crippen LogP contribution in [-0.2, 0) is 14.3 Å². The molecule has 1 aliphatic carbocycles. The maximum Gasteiger partial charge on any atom is 0.341 e. The molecular weight excluding hydrogens is 268 g/mol. The molecule has 4 nitrogen and oxygen atoms in total. The first kappa shape index (κ1) is 17.7. The van der Waals surface area contributed by atoms with Gasteiger partial charge < -0.3 is 14.6 Å². The lowest BCUT2D eigenvalue weighted by Gasteiger charge is -2.21. The Morgan fingerprint density at radius 3 is 2.57 bits per heavy atom. The second kappa shape index (κ2) is 9.56. The Morgan fingerprint density at radius 1 is 1.33 bits per heavy atom. The molecule has 1 fully saturated rings. The van der Waals surface area contributed by atoms with Crippen LogP contribution in [-0.4, -0.2) is 38.0 Å². The number of hydrogen-bond donors (Lipinski definition) is 1. The minimum Gasteiger partial charge on any atom is -0.465 e. The maximum absolute atomic E-state index is 12.0. The van der Waals surface area contributed by atoms with Gasteiger partial charge in [-0.25, -0.2) is 4.79 Å². The lowest BCUT2D eigenvalue weighted by molar-refractivity contribution is -0.136. The number of aliphatic hydroxyl groups excluding tert-OH is 1. The van der Waals surface area contributed by atoms with Crippen molar-refractivity contribution >= 4 is 5.97 Å². The molecule has 1 rings (SSSR count). The average molecular weight is 294 g/mol. The first-order valence-electron chi connectivity index (χ1n) is 7.49. The number of allylic oxidation sites excluding steroid dienone is 1. The van der Waals surface area contributed by atoms with E-state index >= 15 is 0 Å². The van der Waals surface area contributed by atoms with E-state index in [2.05, 4.69) is 5.73 Å². The first-order valence-corrected chi connectivity index (χ1v) is 7.49. The molecule has 0 aromatic carbocycles. The number of esters is 1. The fourth-order valence-electron chi connectivity index (χ4n) is 2.56.